The second-order valence-electron chi connectivity index (χ2n) is 5.10. The first kappa shape index (κ1) is 16.5. The zero-order chi connectivity index (χ0) is 17.3. The molecule has 0 saturated heterocycles. The predicted octanol–water partition coefficient (Wildman–Crippen LogP) is 2.06. The maximum Gasteiger partial charge on any atom is 0.274 e. The van der Waals surface area contributed by atoms with E-state index in [2.05, 4.69) is 41.8 Å². The van der Waals surface area contributed by atoms with Crippen molar-refractivity contribution in [2.24, 2.45) is 7.05 Å². The summed E-state index contributed by atoms with van der Waals surface area (Å²) in [5, 5.41) is 17.6. The van der Waals surface area contributed by atoms with Crippen molar-refractivity contribution in [3.8, 4) is 5.69 Å². The van der Waals surface area contributed by atoms with Crippen LogP contribution in [0, 0.1) is 11.7 Å². The molecule has 0 spiro atoms. The zero-order valence-electron chi connectivity index (χ0n) is 12.9. The van der Waals surface area contributed by atoms with Gasteiger partial charge in [0.25, 0.3) is 5.91 Å². The summed E-state index contributed by atoms with van der Waals surface area (Å²) in [6.07, 6.45) is 0. The minimum atomic E-state index is -0.317. The number of benzene rings is 1. The van der Waals surface area contributed by atoms with Crippen LogP contribution < -0.4 is 5.32 Å². The van der Waals surface area contributed by atoms with Gasteiger partial charge >= 0.3 is 0 Å². The van der Waals surface area contributed by atoms with Crippen LogP contribution in [0.4, 0.5) is 0 Å². The molecule has 0 atom stereocenters. The van der Waals surface area contributed by atoms with Gasteiger partial charge in [-0.2, -0.15) is 5.10 Å². The maximum absolute atomic E-state index is 12.4. The van der Waals surface area contributed by atoms with Crippen molar-refractivity contribution in [1.29, 1.82) is 0 Å². The zero-order valence-corrected chi connectivity index (χ0v) is 15.3. The summed E-state index contributed by atoms with van der Waals surface area (Å²) in [6.45, 7) is 2.04. The lowest BCUT2D eigenvalue weighted by atomic mass is 10.3. The van der Waals surface area contributed by atoms with Gasteiger partial charge in [-0.1, -0.05) is 27.2 Å². The Kier molecular flexibility index (Phi) is 4.58. The number of rotatable bonds is 4. The average molecular weight is 408 g/mol. The van der Waals surface area contributed by atoms with Gasteiger partial charge in [-0.3, -0.25) is 9.89 Å². The number of aromatic nitrogens is 6. The van der Waals surface area contributed by atoms with Gasteiger partial charge in [0.05, 0.1) is 17.9 Å². The fourth-order valence-electron chi connectivity index (χ4n) is 2.17. The number of hydrogen-bond donors (Lipinski definition) is 2. The summed E-state index contributed by atoms with van der Waals surface area (Å²) in [5.74, 6) is 0.313. The number of nitrogens with zero attached hydrogens (tertiary/aromatic N) is 5. The molecule has 8 nitrogen and oxygen atoms in total. The molecule has 0 radical (unpaired) electrons. The molecular weight excluding hydrogens is 394 g/mol. The molecule has 0 saturated carbocycles. The van der Waals surface area contributed by atoms with E-state index in [-0.39, 0.29) is 18.1 Å². The molecule has 0 bridgehead atoms. The molecule has 10 heteroatoms. The standard InChI is InChI=1S/C14H14BrN7OS/c1-8-12(13(23)16-7-11-17-19-14(24)21(11)2)18-20-22(8)10-5-3-4-9(15)6-10/h3-6H,7H2,1-2H3,(H,16,23)(H,19,24). The van der Waals surface area contributed by atoms with Crippen molar-refractivity contribution in [2.45, 2.75) is 13.5 Å². The van der Waals surface area contributed by atoms with Gasteiger partial charge in [-0.15, -0.1) is 5.10 Å². The monoisotopic (exact) mass is 407 g/mol. The number of hydrogen-bond acceptors (Lipinski definition) is 5. The number of carbonyl (C=O) groups excluding carboxylic acids is 1. The van der Waals surface area contributed by atoms with E-state index in [1.54, 1.807) is 23.2 Å². The van der Waals surface area contributed by atoms with Gasteiger partial charge < -0.3 is 9.88 Å². The topological polar surface area (TPSA) is 93.4 Å². The Bertz CT molecular complexity index is 958. The molecule has 3 rings (SSSR count). The van der Waals surface area contributed by atoms with Crippen molar-refractivity contribution >= 4 is 34.1 Å². The number of halogens is 1. The van der Waals surface area contributed by atoms with Crippen LogP contribution in [0.25, 0.3) is 5.69 Å². The smallest absolute Gasteiger partial charge is 0.274 e. The highest BCUT2D eigenvalue weighted by Crippen LogP contribution is 2.17. The van der Waals surface area contributed by atoms with Crippen LogP contribution in [-0.2, 0) is 13.6 Å². The molecule has 1 aromatic carbocycles. The highest BCUT2D eigenvalue weighted by Gasteiger charge is 2.17. The summed E-state index contributed by atoms with van der Waals surface area (Å²) in [7, 11) is 1.78. The number of nitrogens with one attached hydrogen (secondary N) is 2. The number of carbonyl (C=O) groups is 1. The summed E-state index contributed by atoms with van der Waals surface area (Å²) in [6, 6.07) is 7.60. The fraction of sp³-hybridized carbons (Fsp3) is 0.214. The van der Waals surface area contributed by atoms with Crippen molar-refractivity contribution in [1.82, 2.24) is 35.1 Å². The van der Waals surface area contributed by atoms with Gasteiger partial charge in [0, 0.05) is 11.5 Å². The molecule has 0 fully saturated rings. The molecule has 2 aromatic heterocycles. The SMILES string of the molecule is Cc1c(C(=O)NCc2n[nH]c(=S)n2C)nnn1-c1cccc(Br)c1. The van der Waals surface area contributed by atoms with Crippen LogP contribution in [0.3, 0.4) is 0 Å². The van der Waals surface area contributed by atoms with Crippen LogP contribution in [0.1, 0.15) is 22.0 Å². The Balaban J connectivity index is 1.79. The molecule has 2 N–H and O–H groups in total. The number of aromatic amines is 1. The first-order valence-corrected chi connectivity index (χ1v) is 8.24. The average Bonchev–Trinajstić information content (AvgIpc) is 3.09. The Hall–Kier alpha value is -2.33. The van der Waals surface area contributed by atoms with Crippen molar-refractivity contribution < 1.29 is 4.79 Å². The van der Waals surface area contributed by atoms with E-state index in [4.69, 9.17) is 12.2 Å². The van der Waals surface area contributed by atoms with Gasteiger partial charge in [0.15, 0.2) is 16.3 Å². The molecule has 0 aliphatic carbocycles. The van der Waals surface area contributed by atoms with Crippen LogP contribution >= 0.6 is 28.1 Å². The summed E-state index contributed by atoms with van der Waals surface area (Å²) >= 11 is 8.46. The highest BCUT2D eigenvalue weighted by molar-refractivity contribution is 9.10. The largest absolute Gasteiger partial charge is 0.343 e. The third kappa shape index (κ3) is 3.15. The first-order chi connectivity index (χ1) is 11.5. The lowest BCUT2D eigenvalue weighted by Gasteiger charge is -2.05. The Morgan fingerprint density at radius 1 is 1.46 bits per heavy atom. The van der Waals surface area contributed by atoms with Crippen molar-refractivity contribution in [3.05, 3.63) is 50.7 Å². The molecular formula is C14H14BrN7OS. The lowest BCUT2D eigenvalue weighted by molar-refractivity contribution is 0.0944. The first-order valence-electron chi connectivity index (χ1n) is 7.04. The lowest BCUT2D eigenvalue weighted by Crippen LogP contribution is -2.25. The van der Waals surface area contributed by atoms with E-state index in [9.17, 15) is 4.79 Å². The minimum Gasteiger partial charge on any atom is -0.343 e. The second-order valence-corrected chi connectivity index (χ2v) is 6.40. The molecule has 24 heavy (non-hydrogen) atoms. The predicted molar refractivity (Wildman–Crippen MR) is 93.4 cm³/mol. The van der Waals surface area contributed by atoms with Crippen molar-refractivity contribution in [3.63, 3.8) is 0 Å². The molecule has 1 amide bonds. The van der Waals surface area contributed by atoms with E-state index < -0.39 is 0 Å². The Labute approximate surface area is 151 Å². The van der Waals surface area contributed by atoms with E-state index in [0.717, 1.165) is 10.2 Å². The molecule has 3 aromatic rings. The number of H-pyrrole nitrogens is 1. The fourth-order valence-corrected chi connectivity index (χ4v) is 2.71. The van der Waals surface area contributed by atoms with Crippen LogP contribution in [0.5, 0.6) is 0 Å². The van der Waals surface area contributed by atoms with E-state index in [1.165, 1.54) is 0 Å². The minimum absolute atomic E-state index is 0.242. The van der Waals surface area contributed by atoms with E-state index in [0.29, 0.717) is 16.3 Å². The molecule has 0 aliphatic rings. The molecule has 124 valence electrons. The Morgan fingerprint density at radius 3 is 2.92 bits per heavy atom. The van der Waals surface area contributed by atoms with Crippen LogP contribution in [0.2, 0.25) is 0 Å². The number of amides is 1. The van der Waals surface area contributed by atoms with Crippen LogP contribution in [0.15, 0.2) is 28.7 Å². The molecule has 2 heterocycles. The normalized spacial score (nSPS) is 10.8. The van der Waals surface area contributed by atoms with E-state index in [1.807, 2.05) is 24.3 Å². The molecule has 0 unspecified atom stereocenters. The third-order valence-electron chi connectivity index (χ3n) is 3.54. The summed E-state index contributed by atoms with van der Waals surface area (Å²) < 4.78 is 4.74. The van der Waals surface area contributed by atoms with Gasteiger partial charge in [-0.05, 0) is 37.3 Å². The molecule has 0 aliphatic heterocycles. The highest BCUT2D eigenvalue weighted by atomic mass is 79.9. The van der Waals surface area contributed by atoms with Gasteiger partial charge in [0.2, 0.25) is 0 Å². The van der Waals surface area contributed by atoms with Crippen LogP contribution in [-0.4, -0.2) is 35.7 Å². The third-order valence-corrected chi connectivity index (χ3v) is 4.40. The summed E-state index contributed by atoms with van der Waals surface area (Å²) in [4.78, 5) is 12.4. The second kappa shape index (κ2) is 6.65. The Morgan fingerprint density at radius 2 is 2.25 bits per heavy atom. The van der Waals surface area contributed by atoms with Gasteiger partial charge in [0.1, 0.15) is 0 Å². The van der Waals surface area contributed by atoms with Gasteiger partial charge in [-0.25, -0.2) is 4.68 Å². The van der Waals surface area contributed by atoms with E-state index >= 15 is 0 Å². The van der Waals surface area contributed by atoms with Crippen molar-refractivity contribution in [2.75, 3.05) is 0 Å². The maximum atomic E-state index is 12.4. The quantitative estimate of drug-likeness (QED) is 0.645. The summed E-state index contributed by atoms with van der Waals surface area (Å²) in [5.41, 5.74) is 1.75.